The van der Waals surface area contributed by atoms with Gasteiger partial charge in [-0.25, -0.2) is 4.79 Å². The second kappa shape index (κ2) is 4.24. The van der Waals surface area contributed by atoms with Crippen LogP contribution in [0.2, 0.25) is 0 Å². The van der Waals surface area contributed by atoms with Crippen LogP contribution in [0.25, 0.3) is 0 Å². The predicted octanol–water partition coefficient (Wildman–Crippen LogP) is 2.32. The smallest absolute Gasteiger partial charge is 0.317 e. The van der Waals surface area contributed by atoms with Crippen molar-refractivity contribution in [1.82, 2.24) is 10.2 Å². The van der Waals surface area contributed by atoms with Gasteiger partial charge in [0.25, 0.3) is 0 Å². The molecule has 2 amide bonds. The van der Waals surface area contributed by atoms with Gasteiger partial charge in [-0.05, 0) is 34.6 Å². The molecular weight excluding hydrogens is 208 g/mol. The lowest BCUT2D eigenvalue weighted by Crippen LogP contribution is -2.54. The van der Waals surface area contributed by atoms with E-state index in [0.29, 0.717) is 0 Å². The van der Waals surface area contributed by atoms with Crippen molar-refractivity contribution in [2.45, 2.75) is 44.9 Å². The van der Waals surface area contributed by atoms with Crippen LogP contribution in [0, 0.1) is 0 Å². The Morgan fingerprint density at radius 2 is 2.00 bits per heavy atom. The molecule has 0 aliphatic carbocycles. The van der Waals surface area contributed by atoms with Crippen molar-refractivity contribution in [2.75, 3.05) is 18.8 Å². The van der Waals surface area contributed by atoms with E-state index in [2.05, 4.69) is 19.2 Å². The fourth-order valence-corrected chi connectivity index (χ4v) is 2.70. The lowest BCUT2D eigenvalue weighted by atomic mass is 10.1. The molecule has 1 aliphatic rings. The molecule has 4 heteroatoms. The first kappa shape index (κ1) is 12.7. The fraction of sp³-hybridized carbons (Fsp3) is 0.909. The molecule has 3 nitrogen and oxygen atoms in total. The van der Waals surface area contributed by atoms with Crippen LogP contribution in [0.5, 0.6) is 0 Å². The zero-order valence-electron chi connectivity index (χ0n) is 10.4. The van der Waals surface area contributed by atoms with Gasteiger partial charge in [0, 0.05) is 29.1 Å². The molecule has 1 N–H and O–H groups in total. The van der Waals surface area contributed by atoms with Gasteiger partial charge in [-0.1, -0.05) is 0 Å². The summed E-state index contributed by atoms with van der Waals surface area (Å²) >= 11 is 1.94. The van der Waals surface area contributed by atoms with Crippen molar-refractivity contribution < 1.29 is 4.79 Å². The second-order valence-corrected chi connectivity index (χ2v) is 7.51. The van der Waals surface area contributed by atoms with E-state index in [-0.39, 0.29) is 16.3 Å². The van der Waals surface area contributed by atoms with E-state index in [1.165, 1.54) is 0 Å². The number of carbonyl (C=O) groups is 1. The highest BCUT2D eigenvalue weighted by molar-refractivity contribution is 8.00. The summed E-state index contributed by atoms with van der Waals surface area (Å²) in [4.78, 5) is 13.8. The molecule has 15 heavy (non-hydrogen) atoms. The Labute approximate surface area is 97.0 Å². The molecule has 0 radical (unpaired) electrons. The summed E-state index contributed by atoms with van der Waals surface area (Å²) in [5.41, 5.74) is -0.147. The van der Waals surface area contributed by atoms with Crippen molar-refractivity contribution in [2.24, 2.45) is 0 Å². The van der Waals surface area contributed by atoms with E-state index < -0.39 is 0 Å². The summed E-state index contributed by atoms with van der Waals surface area (Å²) in [6.07, 6.45) is 0. The third-order valence-electron chi connectivity index (χ3n) is 2.19. The average Bonchev–Trinajstić information content (AvgIpc) is 1.99. The molecule has 0 atom stereocenters. The number of nitrogens with zero attached hydrogens (tertiary/aromatic N) is 1. The molecule has 0 aromatic carbocycles. The lowest BCUT2D eigenvalue weighted by Gasteiger charge is -2.38. The molecule has 0 saturated carbocycles. The van der Waals surface area contributed by atoms with Crippen molar-refractivity contribution in [3.05, 3.63) is 0 Å². The van der Waals surface area contributed by atoms with Crippen LogP contribution in [0.4, 0.5) is 4.79 Å². The molecule has 1 fully saturated rings. The number of hydrogen-bond acceptors (Lipinski definition) is 2. The summed E-state index contributed by atoms with van der Waals surface area (Å²) in [5, 5.41) is 3.00. The minimum absolute atomic E-state index is 0.0656. The van der Waals surface area contributed by atoms with Gasteiger partial charge in [0.2, 0.25) is 0 Å². The number of thioether (sulfide) groups is 1. The van der Waals surface area contributed by atoms with E-state index in [4.69, 9.17) is 0 Å². The van der Waals surface area contributed by atoms with E-state index in [1.54, 1.807) is 0 Å². The zero-order chi connectivity index (χ0) is 11.7. The molecule has 88 valence electrons. The van der Waals surface area contributed by atoms with Crippen LogP contribution in [-0.2, 0) is 0 Å². The monoisotopic (exact) mass is 230 g/mol. The minimum Gasteiger partial charge on any atom is -0.333 e. The minimum atomic E-state index is -0.147. The number of nitrogens with one attached hydrogen (secondary N) is 1. The van der Waals surface area contributed by atoms with Crippen LogP contribution in [0.1, 0.15) is 34.6 Å². The van der Waals surface area contributed by atoms with Crippen LogP contribution < -0.4 is 5.32 Å². The molecule has 0 aromatic rings. The normalized spacial score (nSPS) is 21.3. The summed E-state index contributed by atoms with van der Waals surface area (Å²) < 4.78 is 0.188. The maximum atomic E-state index is 11.9. The quantitative estimate of drug-likeness (QED) is 0.692. The Bertz CT molecular complexity index is 245. The first-order valence-corrected chi connectivity index (χ1v) is 6.39. The highest BCUT2D eigenvalue weighted by Crippen LogP contribution is 2.29. The highest BCUT2D eigenvalue weighted by atomic mass is 32.2. The van der Waals surface area contributed by atoms with Crippen LogP contribution in [0.15, 0.2) is 0 Å². The average molecular weight is 230 g/mol. The molecule has 1 rings (SSSR count). The van der Waals surface area contributed by atoms with Gasteiger partial charge >= 0.3 is 6.03 Å². The third-order valence-corrected chi connectivity index (χ3v) is 3.49. The number of hydrogen-bond donors (Lipinski definition) is 1. The third kappa shape index (κ3) is 4.33. The van der Waals surface area contributed by atoms with Gasteiger partial charge in [-0.2, -0.15) is 11.8 Å². The topological polar surface area (TPSA) is 32.3 Å². The van der Waals surface area contributed by atoms with E-state index >= 15 is 0 Å². The van der Waals surface area contributed by atoms with Crippen molar-refractivity contribution >= 4 is 17.8 Å². The Kier molecular flexibility index (Phi) is 3.59. The van der Waals surface area contributed by atoms with E-state index in [0.717, 1.165) is 18.8 Å². The van der Waals surface area contributed by atoms with Crippen molar-refractivity contribution in [3.8, 4) is 0 Å². The first-order valence-electron chi connectivity index (χ1n) is 5.41. The summed E-state index contributed by atoms with van der Waals surface area (Å²) in [6, 6.07) is 0.0656. The first-order chi connectivity index (χ1) is 6.70. The van der Waals surface area contributed by atoms with E-state index in [9.17, 15) is 4.79 Å². The molecule has 0 spiro atoms. The molecule has 0 aromatic heterocycles. The predicted molar refractivity (Wildman–Crippen MR) is 66.4 cm³/mol. The largest absolute Gasteiger partial charge is 0.333 e. The molecule has 0 bridgehead atoms. The van der Waals surface area contributed by atoms with Crippen LogP contribution >= 0.6 is 11.8 Å². The van der Waals surface area contributed by atoms with Gasteiger partial charge in [0.15, 0.2) is 0 Å². The molecule has 1 saturated heterocycles. The highest BCUT2D eigenvalue weighted by Gasteiger charge is 2.30. The maximum Gasteiger partial charge on any atom is 0.317 e. The number of amides is 2. The Morgan fingerprint density at radius 1 is 1.40 bits per heavy atom. The van der Waals surface area contributed by atoms with Gasteiger partial charge < -0.3 is 10.2 Å². The fourth-order valence-electron chi connectivity index (χ4n) is 1.59. The van der Waals surface area contributed by atoms with Crippen LogP contribution in [-0.4, -0.2) is 40.1 Å². The zero-order valence-corrected chi connectivity index (χ0v) is 11.2. The maximum absolute atomic E-state index is 11.9. The SMILES string of the molecule is CC(C)(C)NC(=O)N1CCSC(C)(C)C1. The van der Waals surface area contributed by atoms with Crippen molar-refractivity contribution in [1.29, 1.82) is 0 Å². The van der Waals surface area contributed by atoms with Gasteiger partial charge in [-0.15, -0.1) is 0 Å². The van der Waals surface area contributed by atoms with Gasteiger partial charge in [-0.3, -0.25) is 0 Å². The Hall–Kier alpha value is -0.380. The standard InChI is InChI=1S/C11H22N2OS/c1-10(2,3)12-9(14)13-6-7-15-11(4,5)8-13/h6-8H2,1-5H3,(H,12,14). The van der Waals surface area contributed by atoms with Crippen molar-refractivity contribution in [3.63, 3.8) is 0 Å². The van der Waals surface area contributed by atoms with Gasteiger partial charge in [0.05, 0.1) is 0 Å². The summed E-state index contributed by atoms with van der Waals surface area (Å²) in [6.45, 7) is 12.1. The number of urea groups is 1. The van der Waals surface area contributed by atoms with E-state index in [1.807, 2.05) is 37.4 Å². The summed E-state index contributed by atoms with van der Waals surface area (Å²) in [7, 11) is 0. The molecular formula is C11H22N2OS. The lowest BCUT2D eigenvalue weighted by molar-refractivity contribution is 0.186. The molecule has 1 aliphatic heterocycles. The Morgan fingerprint density at radius 3 is 2.47 bits per heavy atom. The summed E-state index contributed by atoms with van der Waals surface area (Å²) in [5.74, 6) is 1.03. The van der Waals surface area contributed by atoms with Crippen LogP contribution in [0.3, 0.4) is 0 Å². The molecule has 0 unspecified atom stereocenters. The number of carbonyl (C=O) groups excluding carboxylic acids is 1. The number of rotatable bonds is 0. The van der Waals surface area contributed by atoms with Gasteiger partial charge in [0.1, 0.15) is 0 Å². The molecule has 1 heterocycles. The Balaban J connectivity index is 2.53. The second-order valence-electron chi connectivity index (χ2n) is 5.71.